The standard InChI is InChI=1S/C13H17N3O2S2/c1-10-9-19-12(8-14)13(10)20(17,18)16-7-5-11-4-2-3-6-15-11/h2-4,6,9,16H,5,7-8,14H2,1H3. The number of thiophene rings is 1. The third-order valence-corrected chi connectivity index (χ3v) is 5.79. The minimum atomic E-state index is -3.51. The van der Waals surface area contributed by atoms with Gasteiger partial charge in [-0.15, -0.1) is 11.3 Å². The first-order valence-electron chi connectivity index (χ1n) is 6.21. The summed E-state index contributed by atoms with van der Waals surface area (Å²) < 4.78 is 27.2. The van der Waals surface area contributed by atoms with Crippen LogP contribution in [0.4, 0.5) is 0 Å². The number of nitrogens with zero attached hydrogens (tertiary/aromatic N) is 1. The second-order valence-electron chi connectivity index (χ2n) is 4.34. The Kier molecular flexibility index (Phi) is 4.87. The zero-order valence-corrected chi connectivity index (χ0v) is 12.8. The topological polar surface area (TPSA) is 85.1 Å². The van der Waals surface area contributed by atoms with Crippen molar-refractivity contribution in [2.45, 2.75) is 24.8 Å². The fourth-order valence-electron chi connectivity index (χ4n) is 1.92. The lowest BCUT2D eigenvalue weighted by Crippen LogP contribution is -2.27. The van der Waals surface area contributed by atoms with E-state index in [0.717, 1.165) is 11.3 Å². The highest BCUT2D eigenvalue weighted by atomic mass is 32.2. The van der Waals surface area contributed by atoms with Crippen LogP contribution in [0.25, 0.3) is 0 Å². The molecule has 0 fully saturated rings. The van der Waals surface area contributed by atoms with Crippen molar-refractivity contribution >= 4 is 21.4 Å². The fraction of sp³-hybridized carbons (Fsp3) is 0.308. The van der Waals surface area contributed by atoms with Crippen LogP contribution in [0.15, 0.2) is 34.7 Å². The summed E-state index contributed by atoms with van der Waals surface area (Å²) in [6.07, 6.45) is 2.25. The van der Waals surface area contributed by atoms with E-state index < -0.39 is 10.0 Å². The highest BCUT2D eigenvalue weighted by Crippen LogP contribution is 2.26. The molecule has 0 saturated heterocycles. The molecule has 2 aromatic heterocycles. The maximum absolute atomic E-state index is 12.3. The quantitative estimate of drug-likeness (QED) is 0.845. The van der Waals surface area contributed by atoms with Crippen LogP contribution in [-0.2, 0) is 23.0 Å². The van der Waals surface area contributed by atoms with Crippen LogP contribution in [0, 0.1) is 6.92 Å². The van der Waals surface area contributed by atoms with Crippen LogP contribution in [-0.4, -0.2) is 19.9 Å². The molecule has 5 nitrogen and oxygen atoms in total. The van der Waals surface area contributed by atoms with Crippen LogP contribution in [0.2, 0.25) is 0 Å². The highest BCUT2D eigenvalue weighted by Gasteiger charge is 2.21. The van der Waals surface area contributed by atoms with Gasteiger partial charge in [0.2, 0.25) is 10.0 Å². The average Bonchev–Trinajstić information content (AvgIpc) is 2.81. The van der Waals surface area contributed by atoms with Crippen molar-refractivity contribution in [3.05, 3.63) is 45.9 Å². The predicted octanol–water partition coefficient (Wildman–Crippen LogP) is 1.43. The molecule has 7 heteroatoms. The van der Waals surface area contributed by atoms with Crippen LogP contribution < -0.4 is 10.5 Å². The molecule has 0 amide bonds. The zero-order valence-electron chi connectivity index (χ0n) is 11.2. The van der Waals surface area contributed by atoms with Gasteiger partial charge in [-0.3, -0.25) is 4.98 Å². The summed E-state index contributed by atoms with van der Waals surface area (Å²) >= 11 is 1.38. The number of sulfonamides is 1. The van der Waals surface area contributed by atoms with Gasteiger partial charge in [-0.25, -0.2) is 13.1 Å². The Morgan fingerprint density at radius 3 is 2.85 bits per heavy atom. The summed E-state index contributed by atoms with van der Waals surface area (Å²) in [5.74, 6) is 0. The molecule has 0 radical (unpaired) electrons. The van der Waals surface area contributed by atoms with Gasteiger partial charge in [0.25, 0.3) is 0 Å². The third-order valence-electron chi connectivity index (χ3n) is 2.84. The highest BCUT2D eigenvalue weighted by molar-refractivity contribution is 7.89. The summed E-state index contributed by atoms with van der Waals surface area (Å²) in [6, 6.07) is 5.58. The molecule has 0 saturated carbocycles. The van der Waals surface area contributed by atoms with Crippen molar-refractivity contribution in [1.29, 1.82) is 0 Å². The Morgan fingerprint density at radius 1 is 1.40 bits per heavy atom. The first-order chi connectivity index (χ1) is 9.54. The second kappa shape index (κ2) is 6.45. The number of hydrogen-bond donors (Lipinski definition) is 2. The van der Waals surface area contributed by atoms with E-state index in [2.05, 4.69) is 9.71 Å². The molecule has 0 spiro atoms. The second-order valence-corrected chi connectivity index (χ2v) is 7.01. The molecular formula is C13H17N3O2S2. The largest absolute Gasteiger partial charge is 0.326 e. The lowest BCUT2D eigenvalue weighted by Gasteiger charge is -2.08. The molecule has 0 aliphatic carbocycles. The number of aryl methyl sites for hydroxylation is 1. The number of hydrogen-bond acceptors (Lipinski definition) is 5. The minimum absolute atomic E-state index is 0.231. The van der Waals surface area contributed by atoms with E-state index >= 15 is 0 Å². The number of rotatable bonds is 6. The molecule has 3 N–H and O–H groups in total. The predicted molar refractivity (Wildman–Crippen MR) is 80.1 cm³/mol. The van der Waals surface area contributed by atoms with Crippen LogP contribution in [0.3, 0.4) is 0 Å². The van der Waals surface area contributed by atoms with Gasteiger partial charge in [-0.1, -0.05) is 6.07 Å². The molecule has 2 aromatic rings. The molecule has 20 heavy (non-hydrogen) atoms. The van der Waals surface area contributed by atoms with Gasteiger partial charge >= 0.3 is 0 Å². The van der Waals surface area contributed by atoms with E-state index in [-0.39, 0.29) is 6.54 Å². The van der Waals surface area contributed by atoms with Gasteiger partial charge in [-0.05, 0) is 30.0 Å². The van der Waals surface area contributed by atoms with E-state index in [9.17, 15) is 8.42 Å². The van der Waals surface area contributed by atoms with Crippen molar-refractivity contribution in [3.63, 3.8) is 0 Å². The Hall–Kier alpha value is -1.28. The van der Waals surface area contributed by atoms with Crippen LogP contribution in [0.5, 0.6) is 0 Å². The molecular weight excluding hydrogens is 294 g/mol. The number of nitrogens with two attached hydrogens (primary N) is 1. The van der Waals surface area contributed by atoms with Crippen LogP contribution in [0.1, 0.15) is 16.1 Å². The van der Waals surface area contributed by atoms with Crippen molar-refractivity contribution < 1.29 is 8.42 Å². The molecule has 0 aliphatic heterocycles. The Balaban J connectivity index is 2.06. The summed E-state index contributed by atoms with van der Waals surface area (Å²) in [5, 5.41) is 1.81. The van der Waals surface area contributed by atoms with E-state index in [1.54, 1.807) is 13.1 Å². The maximum atomic E-state index is 12.3. The normalized spacial score (nSPS) is 11.7. The SMILES string of the molecule is Cc1csc(CN)c1S(=O)(=O)NCCc1ccccn1. The van der Waals surface area contributed by atoms with Gasteiger partial charge in [0.15, 0.2) is 0 Å². The first kappa shape index (κ1) is 15.1. The van der Waals surface area contributed by atoms with E-state index in [1.165, 1.54) is 11.3 Å². The van der Waals surface area contributed by atoms with Crippen molar-refractivity contribution in [2.24, 2.45) is 5.73 Å². The Morgan fingerprint density at radius 2 is 2.20 bits per heavy atom. The third kappa shape index (κ3) is 3.43. The Labute approximate surface area is 122 Å². The zero-order chi connectivity index (χ0) is 14.6. The Bertz CT molecular complexity index is 666. The van der Waals surface area contributed by atoms with Crippen molar-refractivity contribution in [3.8, 4) is 0 Å². The molecule has 0 aliphatic rings. The van der Waals surface area contributed by atoms with Gasteiger partial charge < -0.3 is 5.73 Å². The van der Waals surface area contributed by atoms with Crippen molar-refractivity contribution in [1.82, 2.24) is 9.71 Å². The maximum Gasteiger partial charge on any atom is 0.241 e. The summed E-state index contributed by atoms with van der Waals surface area (Å²) in [6.45, 7) is 2.33. The first-order valence-corrected chi connectivity index (χ1v) is 8.57. The minimum Gasteiger partial charge on any atom is -0.326 e. The molecule has 0 atom stereocenters. The average molecular weight is 311 g/mol. The lowest BCUT2D eigenvalue weighted by molar-refractivity contribution is 0.580. The van der Waals surface area contributed by atoms with E-state index in [1.807, 2.05) is 23.6 Å². The summed E-state index contributed by atoms with van der Waals surface area (Å²) in [7, 11) is -3.51. The van der Waals surface area contributed by atoms with Gasteiger partial charge in [-0.2, -0.15) is 0 Å². The van der Waals surface area contributed by atoms with E-state index in [4.69, 9.17) is 5.73 Å². The summed E-state index contributed by atoms with van der Waals surface area (Å²) in [5.41, 5.74) is 7.18. The molecule has 0 unspecified atom stereocenters. The number of aromatic nitrogens is 1. The van der Waals surface area contributed by atoms with Gasteiger partial charge in [0, 0.05) is 36.3 Å². The van der Waals surface area contributed by atoms with Crippen molar-refractivity contribution in [2.75, 3.05) is 6.54 Å². The fourth-order valence-corrected chi connectivity index (χ4v) is 4.65. The monoisotopic (exact) mass is 311 g/mol. The van der Waals surface area contributed by atoms with Gasteiger partial charge in [0.1, 0.15) is 4.90 Å². The van der Waals surface area contributed by atoms with E-state index in [0.29, 0.717) is 22.7 Å². The lowest BCUT2D eigenvalue weighted by atomic mass is 10.3. The van der Waals surface area contributed by atoms with Gasteiger partial charge in [0.05, 0.1) is 0 Å². The van der Waals surface area contributed by atoms with Crippen LogP contribution >= 0.6 is 11.3 Å². The molecule has 0 aromatic carbocycles. The smallest absolute Gasteiger partial charge is 0.241 e. The molecule has 2 rings (SSSR count). The summed E-state index contributed by atoms with van der Waals surface area (Å²) in [4.78, 5) is 5.17. The number of nitrogens with one attached hydrogen (secondary N) is 1. The molecule has 0 bridgehead atoms. The molecule has 108 valence electrons. The number of pyridine rings is 1. The molecule has 2 heterocycles.